The van der Waals surface area contributed by atoms with Gasteiger partial charge in [-0.3, -0.25) is 0 Å². The van der Waals surface area contributed by atoms with Gasteiger partial charge in [-0.25, -0.2) is 18.1 Å². The molecule has 0 spiro atoms. The van der Waals surface area contributed by atoms with Gasteiger partial charge >= 0.3 is 0 Å². The van der Waals surface area contributed by atoms with Crippen molar-refractivity contribution in [1.29, 1.82) is 0 Å². The summed E-state index contributed by atoms with van der Waals surface area (Å²) in [5.74, 6) is 0. The van der Waals surface area contributed by atoms with Crippen molar-refractivity contribution in [2.45, 2.75) is 24.3 Å². The Hall–Kier alpha value is -0.690. The third-order valence-corrected chi connectivity index (χ3v) is 4.77. The van der Waals surface area contributed by atoms with E-state index in [2.05, 4.69) is 9.71 Å². The number of pyridine rings is 1. The van der Waals surface area contributed by atoms with Crippen LogP contribution in [-0.4, -0.2) is 44.5 Å². The van der Waals surface area contributed by atoms with Crippen LogP contribution in [0, 0.1) is 0 Å². The second-order valence-corrected chi connectivity index (χ2v) is 6.92. The zero-order chi connectivity index (χ0) is 14.0. The number of nitrogens with one attached hydrogen (secondary N) is 1. The van der Waals surface area contributed by atoms with Crippen molar-refractivity contribution in [3.8, 4) is 0 Å². The number of halogens is 1. The summed E-state index contributed by atoms with van der Waals surface area (Å²) in [4.78, 5) is 5.71. The van der Waals surface area contributed by atoms with Crippen molar-refractivity contribution in [3.05, 3.63) is 23.5 Å². The number of sulfonamides is 1. The molecule has 0 fully saturated rings. The van der Waals surface area contributed by atoms with Gasteiger partial charge in [0.25, 0.3) is 0 Å². The van der Waals surface area contributed by atoms with Crippen LogP contribution in [0.15, 0.2) is 23.2 Å². The summed E-state index contributed by atoms with van der Waals surface area (Å²) in [5.41, 5.74) is -0.290. The van der Waals surface area contributed by atoms with Gasteiger partial charge in [0.2, 0.25) is 10.0 Å². The number of nitrogens with zero attached hydrogens (tertiary/aromatic N) is 2. The van der Waals surface area contributed by atoms with Crippen LogP contribution in [0.25, 0.3) is 0 Å². The van der Waals surface area contributed by atoms with Gasteiger partial charge in [0, 0.05) is 18.3 Å². The topological polar surface area (TPSA) is 62.3 Å². The number of aromatic nitrogens is 1. The largest absolute Gasteiger partial charge is 0.303 e. The fourth-order valence-electron chi connectivity index (χ4n) is 1.08. The Bertz CT molecular complexity index is 515. The SMILES string of the molecule is CN(C)C(C)(C)CNS(=O)(=O)c1cccnc1Cl. The molecule has 0 aliphatic heterocycles. The summed E-state index contributed by atoms with van der Waals surface area (Å²) < 4.78 is 26.7. The fraction of sp³-hybridized carbons (Fsp3) is 0.545. The smallest absolute Gasteiger partial charge is 0.243 e. The second kappa shape index (κ2) is 5.52. The van der Waals surface area contributed by atoms with Gasteiger partial charge in [0.05, 0.1) is 0 Å². The van der Waals surface area contributed by atoms with Gasteiger partial charge in [0.15, 0.2) is 0 Å². The Kier molecular flexibility index (Phi) is 4.72. The van der Waals surface area contributed by atoms with Crippen LogP contribution in [0.3, 0.4) is 0 Å². The van der Waals surface area contributed by atoms with E-state index in [9.17, 15) is 8.42 Å². The third-order valence-electron chi connectivity index (χ3n) is 2.92. The van der Waals surface area contributed by atoms with E-state index in [1.807, 2.05) is 32.8 Å². The van der Waals surface area contributed by atoms with Crippen LogP contribution >= 0.6 is 11.6 Å². The summed E-state index contributed by atoms with van der Waals surface area (Å²) in [6.07, 6.45) is 1.45. The van der Waals surface area contributed by atoms with Crippen molar-refractivity contribution < 1.29 is 8.42 Å². The summed E-state index contributed by atoms with van der Waals surface area (Å²) in [5, 5.41) is -0.0207. The van der Waals surface area contributed by atoms with E-state index in [4.69, 9.17) is 11.6 Å². The molecule has 0 unspecified atom stereocenters. The lowest BCUT2D eigenvalue weighted by molar-refractivity contribution is 0.199. The molecule has 0 aromatic carbocycles. The molecule has 0 aliphatic rings. The second-order valence-electron chi connectivity index (χ2n) is 4.82. The minimum Gasteiger partial charge on any atom is -0.303 e. The fourth-order valence-corrected chi connectivity index (χ4v) is 2.73. The maximum Gasteiger partial charge on any atom is 0.243 e. The highest BCUT2D eigenvalue weighted by Crippen LogP contribution is 2.18. The molecule has 18 heavy (non-hydrogen) atoms. The number of rotatable bonds is 5. The van der Waals surface area contributed by atoms with Gasteiger partial charge < -0.3 is 4.90 Å². The minimum atomic E-state index is -3.63. The Morgan fingerprint density at radius 2 is 2.06 bits per heavy atom. The maximum atomic E-state index is 12.1. The summed E-state index contributed by atoms with van der Waals surface area (Å²) in [6.45, 7) is 4.17. The molecule has 5 nitrogen and oxygen atoms in total. The highest BCUT2D eigenvalue weighted by molar-refractivity contribution is 7.89. The molecule has 0 atom stereocenters. The van der Waals surface area contributed by atoms with E-state index in [0.29, 0.717) is 0 Å². The van der Waals surface area contributed by atoms with Crippen LogP contribution in [0.2, 0.25) is 5.15 Å². The van der Waals surface area contributed by atoms with Crippen molar-refractivity contribution in [3.63, 3.8) is 0 Å². The lowest BCUT2D eigenvalue weighted by Crippen LogP contribution is -2.48. The summed E-state index contributed by atoms with van der Waals surface area (Å²) >= 11 is 5.78. The molecule has 0 aliphatic carbocycles. The third kappa shape index (κ3) is 3.65. The summed E-state index contributed by atoms with van der Waals surface area (Å²) in [7, 11) is 0.160. The standard InChI is InChI=1S/C11H18ClN3O2S/c1-11(2,15(3)4)8-14-18(16,17)9-6-5-7-13-10(9)12/h5-7,14H,8H2,1-4H3. The Labute approximate surface area is 113 Å². The van der Waals surface area contributed by atoms with E-state index >= 15 is 0 Å². The predicted octanol–water partition coefficient (Wildman–Crippen LogP) is 1.35. The van der Waals surface area contributed by atoms with Crippen LogP contribution in [-0.2, 0) is 10.0 Å². The Morgan fingerprint density at radius 3 is 2.56 bits per heavy atom. The Balaban J connectivity index is 2.88. The van der Waals surface area contributed by atoms with E-state index in [1.165, 1.54) is 18.3 Å². The highest BCUT2D eigenvalue weighted by Gasteiger charge is 2.25. The monoisotopic (exact) mass is 291 g/mol. The first-order valence-electron chi connectivity index (χ1n) is 5.44. The quantitative estimate of drug-likeness (QED) is 0.832. The van der Waals surface area contributed by atoms with E-state index in [1.54, 1.807) is 0 Å². The molecule has 1 heterocycles. The first kappa shape index (κ1) is 15.4. The molecular formula is C11H18ClN3O2S. The maximum absolute atomic E-state index is 12.1. The van der Waals surface area contributed by atoms with Crippen LogP contribution in [0.4, 0.5) is 0 Å². The number of hydrogen-bond donors (Lipinski definition) is 1. The molecule has 0 amide bonds. The minimum absolute atomic E-state index is 0.00113. The lowest BCUT2D eigenvalue weighted by Gasteiger charge is -2.32. The average Bonchev–Trinajstić information content (AvgIpc) is 2.27. The van der Waals surface area contributed by atoms with E-state index in [-0.39, 0.29) is 22.1 Å². The van der Waals surface area contributed by atoms with Gasteiger partial charge in [0.1, 0.15) is 10.0 Å². The number of likely N-dealkylation sites (N-methyl/N-ethyl adjacent to an activating group) is 1. The Morgan fingerprint density at radius 1 is 1.44 bits per heavy atom. The van der Waals surface area contributed by atoms with Gasteiger partial charge in [-0.2, -0.15) is 0 Å². The molecule has 1 rings (SSSR count). The van der Waals surface area contributed by atoms with E-state index in [0.717, 1.165) is 0 Å². The molecule has 0 saturated heterocycles. The molecule has 1 aromatic rings. The molecule has 0 bridgehead atoms. The zero-order valence-corrected chi connectivity index (χ0v) is 12.5. The van der Waals surface area contributed by atoms with Crippen molar-refractivity contribution >= 4 is 21.6 Å². The molecule has 7 heteroatoms. The van der Waals surface area contributed by atoms with Crippen molar-refractivity contribution in [1.82, 2.24) is 14.6 Å². The first-order valence-corrected chi connectivity index (χ1v) is 7.30. The molecule has 0 saturated carbocycles. The van der Waals surface area contributed by atoms with Crippen molar-refractivity contribution in [2.24, 2.45) is 0 Å². The van der Waals surface area contributed by atoms with Crippen LogP contribution < -0.4 is 4.72 Å². The first-order chi connectivity index (χ1) is 8.17. The molecule has 0 radical (unpaired) electrons. The van der Waals surface area contributed by atoms with Crippen LogP contribution in [0.5, 0.6) is 0 Å². The molecular weight excluding hydrogens is 274 g/mol. The van der Waals surface area contributed by atoms with E-state index < -0.39 is 10.0 Å². The molecule has 1 aromatic heterocycles. The lowest BCUT2D eigenvalue weighted by atomic mass is 10.1. The predicted molar refractivity (Wildman–Crippen MR) is 72.2 cm³/mol. The molecule has 1 N–H and O–H groups in total. The average molecular weight is 292 g/mol. The van der Waals surface area contributed by atoms with Gasteiger partial charge in [-0.15, -0.1) is 0 Å². The number of hydrogen-bond acceptors (Lipinski definition) is 4. The van der Waals surface area contributed by atoms with Crippen LogP contribution in [0.1, 0.15) is 13.8 Å². The van der Waals surface area contributed by atoms with Crippen molar-refractivity contribution in [2.75, 3.05) is 20.6 Å². The highest BCUT2D eigenvalue weighted by atomic mass is 35.5. The summed E-state index contributed by atoms with van der Waals surface area (Å²) in [6, 6.07) is 2.97. The molecule has 102 valence electrons. The normalized spacial score (nSPS) is 13.0. The zero-order valence-electron chi connectivity index (χ0n) is 10.9. The van der Waals surface area contributed by atoms with Gasteiger partial charge in [-0.1, -0.05) is 11.6 Å². The van der Waals surface area contributed by atoms with Gasteiger partial charge in [-0.05, 0) is 40.1 Å².